The summed E-state index contributed by atoms with van der Waals surface area (Å²) in [6.07, 6.45) is 1.02. The van der Waals surface area contributed by atoms with E-state index in [0.29, 0.717) is 0 Å². The first-order valence-electron chi connectivity index (χ1n) is 6.91. The Morgan fingerprint density at radius 3 is 2.40 bits per heavy atom. The first-order valence-corrected chi connectivity index (χ1v) is 7.70. The topological polar surface area (TPSA) is 24.9 Å². The van der Waals surface area contributed by atoms with E-state index in [4.69, 9.17) is 0 Å². The summed E-state index contributed by atoms with van der Waals surface area (Å²) in [7, 11) is 0. The van der Waals surface area contributed by atoms with Crippen molar-refractivity contribution in [1.82, 2.24) is 4.98 Å². The molecule has 0 radical (unpaired) electrons. The molecule has 0 fully saturated rings. The van der Waals surface area contributed by atoms with Crippen molar-refractivity contribution in [2.75, 3.05) is 11.9 Å². The molecule has 20 heavy (non-hydrogen) atoms. The fourth-order valence-electron chi connectivity index (χ4n) is 2.26. The zero-order chi connectivity index (χ0) is 14.7. The minimum absolute atomic E-state index is 0.900. The van der Waals surface area contributed by atoms with Crippen molar-refractivity contribution < 1.29 is 0 Å². The predicted octanol–water partition coefficient (Wildman–Crippen LogP) is 4.73. The van der Waals surface area contributed by atoms with Crippen LogP contribution >= 0.6 is 15.9 Å². The molecule has 3 heteroatoms. The van der Waals surface area contributed by atoms with Gasteiger partial charge in [-0.25, -0.2) is 4.98 Å². The number of nitrogens with one attached hydrogen (secondary N) is 1. The van der Waals surface area contributed by atoms with Crippen LogP contribution in [0, 0.1) is 27.7 Å². The maximum absolute atomic E-state index is 4.50. The van der Waals surface area contributed by atoms with Gasteiger partial charge in [0.2, 0.25) is 0 Å². The van der Waals surface area contributed by atoms with E-state index < -0.39 is 0 Å². The lowest BCUT2D eigenvalue weighted by molar-refractivity contribution is 0.983. The second-order valence-corrected chi connectivity index (χ2v) is 6.16. The van der Waals surface area contributed by atoms with E-state index in [-0.39, 0.29) is 0 Å². The minimum Gasteiger partial charge on any atom is -0.370 e. The number of aromatic nitrogens is 1. The Labute approximate surface area is 129 Å². The number of hydrogen-bond donors (Lipinski definition) is 1. The average Bonchev–Trinajstić information content (AvgIpc) is 2.39. The molecule has 2 nitrogen and oxygen atoms in total. The van der Waals surface area contributed by atoms with Crippen LogP contribution in [0.5, 0.6) is 0 Å². The molecule has 0 amide bonds. The molecule has 0 bridgehead atoms. The van der Waals surface area contributed by atoms with Gasteiger partial charge in [0.15, 0.2) is 0 Å². The minimum atomic E-state index is 0.900. The molecule has 0 atom stereocenters. The molecule has 0 saturated heterocycles. The first-order chi connectivity index (χ1) is 9.47. The fraction of sp³-hybridized carbons (Fsp3) is 0.353. The quantitative estimate of drug-likeness (QED) is 0.875. The largest absolute Gasteiger partial charge is 0.370 e. The third-order valence-electron chi connectivity index (χ3n) is 3.67. The van der Waals surface area contributed by atoms with E-state index >= 15 is 0 Å². The van der Waals surface area contributed by atoms with Crippen LogP contribution in [0.1, 0.15) is 27.9 Å². The van der Waals surface area contributed by atoms with E-state index in [9.17, 15) is 0 Å². The summed E-state index contributed by atoms with van der Waals surface area (Å²) in [5.41, 5.74) is 6.52. The van der Waals surface area contributed by atoms with Crippen LogP contribution in [0.4, 0.5) is 5.82 Å². The summed E-state index contributed by atoms with van der Waals surface area (Å²) in [4.78, 5) is 4.50. The molecule has 1 N–H and O–H groups in total. The maximum atomic E-state index is 4.50. The van der Waals surface area contributed by atoms with E-state index in [1.165, 1.54) is 22.3 Å². The van der Waals surface area contributed by atoms with Crippen molar-refractivity contribution >= 4 is 21.7 Å². The zero-order valence-electron chi connectivity index (χ0n) is 12.5. The summed E-state index contributed by atoms with van der Waals surface area (Å²) in [5, 5.41) is 3.39. The summed E-state index contributed by atoms with van der Waals surface area (Å²) in [5.74, 6) is 0.937. The molecule has 2 aromatic rings. The number of anilines is 1. The molecule has 106 valence electrons. The number of benzene rings is 1. The molecule has 0 aliphatic carbocycles. The van der Waals surface area contributed by atoms with Gasteiger partial charge in [-0.1, -0.05) is 12.1 Å². The second kappa shape index (κ2) is 6.40. The molecule has 0 saturated carbocycles. The molecular formula is C17H21BrN2. The maximum Gasteiger partial charge on any atom is 0.126 e. The Bertz CT molecular complexity index is 621. The number of pyridine rings is 1. The van der Waals surface area contributed by atoms with Crippen LogP contribution in [-0.2, 0) is 6.42 Å². The molecule has 1 aromatic heterocycles. The van der Waals surface area contributed by atoms with Crippen LogP contribution in [-0.4, -0.2) is 11.5 Å². The number of halogens is 1. The summed E-state index contributed by atoms with van der Waals surface area (Å²) in [6, 6.07) is 8.61. The number of nitrogens with zero attached hydrogens (tertiary/aromatic N) is 1. The van der Waals surface area contributed by atoms with Crippen LogP contribution in [0.2, 0.25) is 0 Å². The highest BCUT2D eigenvalue weighted by molar-refractivity contribution is 9.10. The van der Waals surface area contributed by atoms with Gasteiger partial charge in [0.25, 0.3) is 0 Å². The van der Waals surface area contributed by atoms with Crippen LogP contribution < -0.4 is 5.32 Å². The van der Waals surface area contributed by atoms with Crippen molar-refractivity contribution in [3.05, 3.63) is 56.7 Å². The van der Waals surface area contributed by atoms with Gasteiger partial charge in [0, 0.05) is 11.0 Å². The lowest BCUT2D eigenvalue weighted by Crippen LogP contribution is -2.08. The Balaban J connectivity index is 1.99. The van der Waals surface area contributed by atoms with E-state index in [2.05, 4.69) is 59.1 Å². The van der Waals surface area contributed by atoms with Crippen molar-refractivity contribution in [2.45, 2.75) is 34.1 Å². The van der Waals surface area contributed by atoms with Gasteiger partial charge >= 0.3 is 0 Å². The Kier molecular flexibility index (Phi) is 4.81. The van der Waals surface area contributed by atoms with Crippen LogP contribution in [0.25, 0.3) is 0 Å². The van der Waals surface area contributed by atoms with Gasteiger partial charge in [0.05, 0.1) is 5.69 Å². The highest BCUT2D eigenvalue weighted by Gasteiger charge is 2.03. The number of rotatable bonds is 4. The third kappa shape index (κ3) is 3.60. The lowest BCUT2D eigenvalue weighted by Gasteiger charge is -2.11. The van der Waals surface area contributed by atoms with Crippen LogP contribution in [0.15, 0.2) is 28.7 Å². The second-order valence-electron chi connectivity index (χ2n) is 5.30. The SMILES string of the molecule is Cc1cc(C)c(CCNc2ccc(Br)c(C)n2)cc1C. The molecule has 1 aromatic carbocycles. The zero-order valence-corrected chi connectivity index (χ0v) is 14.1. The Hall–Kier alpha value is -1.35. The lowest BCUT2D eigenvalue weighted by atomic mass is 9.99. The normalized spacial score (nSPS) is 10.7. The summed E-state index contributed by atoms with van der Waals surface area (Å²) < 4.78 is 1.05. The van der Waals surface area contributed by atoms with Crippen molar-refractivity contribution in [1.29, 1.82) is 0 Å². The van der Waals surface area contributed by atoms with Crippen molar-refractivity contribution in [3.63, 3.8) is 0 Å². The van der Waals surface area contributed by atoms with E-state index in [1.807, 2.05) is 19.1 Å². The highest BCUT2D eigenvalue weighted by Crippen LogP contribution is 2.18. The number of hydrogen-bond acceptors (Lipinski definition) is 2. The Morgan fingerprint density at radius 2 is 1.70 bits per heavy atom. The van der Waals surface area contributed by atoms with Crippen molar-refractivity contribution in [2.24, 2.45) is 0 Å². The summed E-state index contributed by atoms with van der Waals surface area (Å²) >= 11 is 3.47. The van der Waals surface area contributed by atoms with Gasteiger partial charge in [-0.3, -0.25) is 0 Å². The third-order valence-corrected chi connectivity index (χ3v) is 4.51. The fourth-order valence-corrected chi connectivity index (χ4v) is 2.48. The summed E-state index contributed by atoms with van der Waals surface area (Å²) in [6.45, 7) is 9.42. The van der Waals surface area contributed by atoms with Gasteiger partial charge < -0.3 is 5.32 Å². The van der Waals surface area contributed by atoms with E-state index in [0.717, 1.165) is 29.0 Å². The van der Waals surface area contributed by atoms with Gasteiger partial charge in [-0.15, -0.1) is 0 Å². The van der Waals surface area contributed by atoms with Crippen molar-refractivity contribution in [3.8, 4) is 0 Å². The molecule has 0 aliphatic rings. The molecule has 0 spiro atoms. The molecule has 2 rings (SSSR count). The monoisotopic (exact) mass is 332 g/mol. The molecular weight excluding hydrogens is 312 g/mol. The highest BCUT2D eigenvalue weighted by atomic mass is 79.9. The standard InChI is InChI=1S/C17H21BrN2/c1-11-9-13(3)15(10-12(11)2)7-8-19-17-6-5-16(18)14(4)20-17/h5-6,9-10H,7-8H2,1-4H3,(H,19,20). The van der Waals surface area contributed by atoms with Gasteiger partial charge in [-0.2, -0.15) is 0 Å². The smallest absolute Gasteiger partial charge is 0.126 e. The van der Waals surface area contributed by atoms with Crippen LogP contribution in [0.3, 0.4) is 0 Å². The molecule has 1 heterocycles. The predicted molar refractivity (Wildman–Crippen MR) is 89.5 cm³/mol. The average molecular weight is 333 g/mol. The van der Waals surface area contributed by atoms with E-state index in [1.54, 1.807) is 0 Å². The first kappa shape index (κ1) is 15.0. The van der Waals surface area contributed by atoms with Gasteiger partial charge in [-0.05, 0) is 84.4 Å². The molecule has 0 aliphatic heterocycles. The van der Waals surface area contributed by atoms with Gasteiger partial charge in [0.1, 0.15) is 5.82 Å². The number of aryl methyl sites for hydroxylation is 4. The molecule has 0 unspecified atom stereocenters. The Morgan fingerprint density at radius 1 is 1.00 bits per heavy atom.